The minimum Gasteiger partial charge on any atom is -0.307 e. The maximum Gasteiger partial charge on any atom is 0.418 e. The van der Waals surface area contributed by atoms with Crippen LogP contribution in [0.2, 0.25) is 10.0 Å². The van der Waals surface area contributed by atoms with Crippen molar-refractivity contribution in [2.75, 3.05) is 10.6 Å². The molecule has 0 bridgehead atoms. The van der Waals surface area contributed by atoms with Gasteiger partial charge in [0.1, 0.15) is 0 Å². The molecule has 0 unspecified atom stereocenters. The molecular weight excluding hydrogens is 340 g/mol. The summed E-state index contributed by atoms with van der Waals surface area (Å²) in [6.07, 6.45) is -4.57. The van der Waals surface area contributed by atoms with E-state index in [-0.39, 0.29) is 16.4 Å². The van der Waals surface area contributed by atoms with Gasteiger partial charge in [0, 0.05) is 5.02 Å². The van der Waals surface area contributed by atoms with Crippen molar-refractivity contribution in [2.24, 2.45) is 0 Å². The average Bonchev–Trinajstić information content (AvgIpc) is 2.42. The van der Waals surface area contributed by atoms with Crippen LogP contribution in [-0.2, 0) is 6.18 Å². The maximum atomic E-state index is 12.8. The second kappa shape index (κ2) is 6.46. The molecule has 0 radical (unpaired) electrons. The summed E-state index contributed by atoms with van der Waals surface area (Å²) in [5.74, 6) is 0. The zero-order chi connectivity index (χ0) is 16.3. The van der Waals surface area contributed by atoms with Gasteiger partial charge in [-0.1, -0.05) is 35.3 Å². The first-order valence-corrected chi connectivity index (χ1v) is 6.72. The molecule has 0 heterocycles. The highest BCUT2D eigenvalue weighted by Crippen LogP contribution is 2.34. The molecule has 116 valence electrons. The van der Waals surface area contributed by atoms with Gasteiger partial charge in [0.15, 0.2) is 0 Å². The summed E-state index contributed by atoms with van der Waals surface area (Å²) in [4.78, 5) is 11.8. The average molecular weight is 349 g/mol. The third-order valence-corrected chi connectivity index (χ3v) is 3.22. The van der Waals surface area contributed by atoms with Gasteiger partial charge in [-0.2, -0.15) is 13.2 Å². The Morgan fingerprint density at radius 2 is 1.59 bits per heavy atom. The van der Waals surface area contributed by atoms with E-state index in [2.05, 4.69) is 10.6 Å². The lowest BCUT2D eigenvalue weighted by atomic mass is 10.1. The molecule has 2 amide bonds. The highest BCUT2D eigenvalue weighted by atomic mass is 35.5. The van der Waals surface area contributed by atoms with E-state index in [0.29, 0.717) is 5.02 Å². The summed E-state index contributed by atoms with van der Waals surface area (Å²) in [6.45, 7) is 0. The predicted molar refractivity (Wildman–Crippen MR) is 80.5 cm³/mol. The molecule has 0 saturated heterocycles. The van der Waals surface area contributed by atoms with Crippen molar-refractivity contribution >= 4 is 40.6 Å². The molecule has 2 rings (SSSR count). The predicted octanol–water partition coefficient (Wildman–Crippen LogP) is 5.66. The summed E-state index contributed by atoms with van der Waals surface area (Å²) in [5, 5.41) is 5.03. The fourth-order valence-corrected chi connectivity index (χ4v) is 2.05. The van der Waals surface area contributed by atoms with Crippen LogP contribution >= 0.6 is 23.2 Å². The van der Waals surface area contributed by atoms with Crippen molar-refractivity contribution in [3.05, 3.63) is 58.1 Å². The standard InChI is InChI=1S/C14H9Cl2F3N2O/c15-8-5-6-10(16)12(7-8)21-13(22)20-11-4-2-1-3-9(11)14(17,18)19/h1-7H,(H2,20,21,22). The van der Waals surface area contributed by atoms with E-state index in [0.717, 1.165) is 12.1 Å². The quantitative estimate of drug-likeness (QED) is 0.722. The first kappa shape index (κ1) is 16.5. The SMILES string of the molecule is O=C(Nc1cc(Cl)ccc1Cl)Nc1ccccc1C(F)(F)F. The Bertz CT molecular complexity index is 705. The monoisotopic (exact) mass is 348 g/mol. The highest BCUT2D eigenvalue weighted by Gasteiger charge is 2.33. The molecule has 2 aromatic rings. The van der Waals surface area contributed by atoms with E-state index in [9.17, 15) is 18.0 Å². The molecule has 0 saturated carbocycles. The van der Waals surface area contributed by atoms with Crippen LogP contribution in [0.1, 0.15) is 5.56 Å². The Morgan fingerprint density at radius 3 is 2.27 bits per heavy atom. The lowest BCUT2D eigenvalue weighted by Gasteiger charge is -2.14. The molecular formula is C14H9Cl2F3N2O. The molecule has 0 aliphatic rings. The normalized spacial score (nSPS) is 11.1. The van der Waals surface area contributed by atoms with Crippen LogP contribution < -0.4 is 10.6 Å². The van der Waals surface area contributed by atoms with Gasteiger partial charge in [-0.05, 0) is 30.3 Å². The summed E-state index contributed by atoms with van der Waals surface area (Å²) in [5.41, 5.74) is -1.11. The van der Waals surface area contributed by atoms with Crippen molar-refractivity contribution in [3.63, 3.8) is 0 Å². The first-order chi connectivity index (χ1) is 10.3. The fourth-order valence-electron chi connectivity index (χ4n) is 1.71. The largest absolute Gasteiger partial charge is 0.418 e. The Morgan fingerprint density at radius 1 is 0.955 bits per heavy atom. The summed E-state index contributed by atoms with van der Waals surface area (Å²) in [6, 6.07) is 8.16. The third-order valence-electron chi connectivity index (χ3n) is 2.66. The van der Waals surface area contributed by atoms with E-state index in [1.165, 1.54) is 30.3 Å². The molecule has 0 fully saturated rings. The summed E-state index contributed by atoms with van der Waals surface area (Å²) in [7, 11) is 0. The van der Waals surface area contributed by atoms with Gasteiger partial charge in [-0.3, -0.25) is 0 Å². The van der Waals surface area contributed by atoms with Crippen molar-refractivity contribution in [1.82, 2.24) is 0 Å². The second-order valence-electron chi connectivity index (χ2n) is 4.25. The molecule has 8 heteroatoms. The number of alkyl halides is 3. The number of hydrogen-bond donors (Lipinski definition) is 2. The maximum absolute atomic E-state index is 12.8. The van der Waals surface area contributed by atoms with Gasteiger partial charge in [0.05, 0.1) is 22.0 Å². The number of urea groups is 1. The Balaban J connectivity index is 2.18. The number of carbonyl (C=O) groups excluding carboxylic acids is 1. The van der Waals surface area contributed by atoms with Gasteiger partial charge in [-0.25, -0.2) is 4.79 Å². The van der Waals surface area contributed by atoms with Gasteiger partial charge >= 0.3 is 12.2 Å². The zero-order valence-corrected chi connectivity index (χ0v) is 12.4. The van der Waals surface area contributed by atoms with Crippen LogP contribution in [0, 0.1) is 0 Å². The summed E-state index contributed by atoms with van der Waals surface area (Å²) < 4.78 is 38.5. The second-order valence-corrected chi connectivity index (χ2v) is 5.09. The number of rotatable bonds is 2. The van der Waals surface area contributed by atoms with Crippen LogP contribution in [0.25, 0.3) is 0 Å². The van der Waals surface area contributed by atoms with E-state index in [1.54, 1.807) is 0 Å². The smallest absolute Gasteiger partial charge is 0.307 e. The van der Waals surface area contributed by atoms with Gasteiger partial charge in [0.2, 0.25) is 0 Å². The topological polar surface area (TPSA) is 41.1 Å². The molecule has 0 aromatic heterocycles. The Labute approximate surface area is 134 Å². The van der Waals surface area contributed by atoms with E-state index in [1.807, 2.05) is 0 Å². The van der Waals surface area contributed by atoms with Crippen LogP contribution in [0.4, 0.5) is 29.3 Å². The molecule has 3 nitrogen and oxygen atoms in total. The van der Waals surface area contributed by atoms with E-state index < -0.39 is 17.8 Å². The van der Waals surface area contributed by atoms with Crippen molar-refractivity contribution in [1.29, 1.82) is 0 Å². The number of hydrogen-bond acceptors (Lipinski definition) is 1. The van der Waals surface area contributed by atoms with Crippen LogP contribution in [0.3, 0.4) is 0 Å². The lowest BCUT2D eigenvalue weighted by Crippen LogP contribution is -2.22. The van der Waals surface area contributed by atoms with Crippen molar-refractivity contribution in [2.45, 2.75) is 6.18 Å². The number of para-hydroxylation sites is 1. The minimum absolute atomic E-state index is 0.191. The molecule has 0 atom stereocenters. The molecule has 0 aliphatic carbocycles. The van der Waals surface area contributed by atoms with Gasteiger partial charge < -0.3 is 10.6 Å². The van der Waals surface area contributed by atoms with Gasteiger partial charge in [-0.15, -0.1) is 0 Å². The fraction of sp³-hybridized carbons (Fsp3) is 0.0714. The van der Waals surface area contributed by atoms with Crippen LogP contribution in [0.15, 0.2) is 42.5 Å². The zero-order valence-electron chi connectivity index (χ0n) is 10.8. The molecule has 2 aromatic carbocycles. The molecule has 0 aliphatic heterocycles. The number of carbonyl (C=O) groups is 1. The van der Waals surface area contributed by atoms with E-state index >= 15 is 0 Å². The lowest BCUT2D eigenvalue weighted by molar-refractivity contribution is -0.136. The minimum atomic E-state index is -4.57. The molecule has 2 N–H and O–H groups in total. The van der Waals surface area contributed by atoms with Gasteiger partial charge in [0.25, 0.3) is 0 Å². The number of benzene rings is 2. The molecule has 22 heavy (non-hydrogen) atoms. The number of nitrogens with one attached hydrogen (secondary N) is 2. The third kappa shape index (κ3) is 4.05. The van der Waals surface area contributed by atoms with Crippen LogP contribution in [-0.4, -0.2) is 6.03 Å². The number of anilines is 2. The summed E-state index contributed by atoms with van der Waals surface area (Å²) >= 11 is 11.6. The first-order valence-electron chi connectivity index (χ1n) is 5.96. The van der Waals surface area contributed by atoms with Crippen molar-refractivity contribution in [3.8, 4) is 0 Å². The van der Waals surface area contributed by atoms with Crippen molar-refractivity contribution < 1.29 is 18.0 Å². The Hall–Kier alpha value is -1.92. The highest BCUT2D eigenvalue weighted by molar-refractivity contribution is 6.35. The van der Waals surface area contributed by atoms with Crippen LogP contribution in [0.5, 0.6) is 0 Å². The van der Waals surface area contributed by atoms with E-state index in [4.69, 9.17) is 23.2 Å². The Kier molecular flexibility index (Phi) is 4.83. The molecule has 0 spiro atoms. The number of halogens is 5. The number of amides is 2.